The third-order valence-corrected chi connectivity index (χ3v) is 4.42. The summed E-state index contributed by atoms with van der Waals surface area (Å²) in [5, 5.41) is 12.7. The molecule has 0 atom stereocenters. The third-order valence-electron chi connectivity index (χ3n) is 2.67. The van der Waals surface area contributed by atoms with Crippen molar-refractivity contribution in [1.29, 1.82) is 0 Å². The van der Waals surface area contributed by atoms with E-state index in [2.05, 4.69) is 5.10 Å². The first-order valence-corrected chi connectivity index (χ1v) is 7.20. The Labute approximate surface area is 110 Å². The van der Waals surface area contributed by atoms with E-state index in [0.29, 0.717) is 5.69 Å². The second kappa shape index (κ2) is 4.85. The number of benzene rings is 1. The van der Waals surface area contributed by atoms with Gasteiger partial charge >= 0.3 is 5.97 Å². The van der Waals surface area contributed by atoms with E-state index in [4.69, 9.17) is 5.11 Å². The highest BCUT2D eigenvalue weighted by atomic mass is 32.2. The fraction of sp³-hybridized carbons (Fsp3) is 0.167. The van der Waals surface area contributed by atoms with Crippen LogP contribution < -0.4 is 0 Å². The molecule has 2 rings (SSSR count). The molecule has 0 fully saturated rings. The van der Waals surface area contributed by atoms with Gasteiger partial charge in [-0.3, -0.25) is 0 Å². The number of hydrogen-bond acceptors (Lipinski definition) is 4. The fourth-order valence-electron chi connectivity index (χ4n) is 1.55. The number of carbonyl (C=O) groups is 1. The van der Waals surface area contributed by atoms with Gasteiger partial charge in [-0.05, 0) is 24.3 Å². The molecule has 1 N–H and O–H groups in total. The molecule has 1 aromatic carbocycles. The van der Waals surface area contributed by atoms with Crippen LogP contribution in [0.2, 0.25) is 0 Å². The van der Waals surface area contributed by atoms with Gasteiger partial charge in [-0.1, -0.05) is 6.92 Å². The summed E-state index contributed by atoms with van der Waals surface area (Å²) >= 11 is 0. The molecule has 0 aliphatic rings. The van der Waals surface area contributed by atoms with E-state index >= 15 is 0 Å². The molecule has 0 amide bonds. The Balaban J connectivity index is 2.35. The summed E-state index contributed by atoms with van der Waals surface area (Å²) in [5.41, 5.74) is 0.674. The number of aromatic carboxylic acids is 1. The molecular weight excluding hydrogens is 268 g/mol. The highest BCUT2D eigenvalue weighted by molar-refractivity contribution is 7.91. The van der Waals surface area contributed by atoms with Crippen molar-refractivity contribution in [3.05, 3.63) is 42.2 Å². The van der Waals surface area contributed by atoms with Gasteiger partial charge in [0, 0.05) is 6.20 Å². The predicted octanol–water partition coefficient (Wildman–Crippen LogP) is 1.36. The molecule has 0 aliphatic heterocycles. The number of aromatic nitrogens is 2. The Kier molecular flexibility index (Phi) is 3.39. The molecule has 0 saturated carbocycles. The molecule has 7 heteroatoms. The van der Waals surface area contributed by atoms with Crippen LogP contribution in [0.4, 0.5) is 0 Å². The lowest BCUT2D eigenvalue weighted by atomic mass is 10.3. The molecular formula is C12H12N2O4S. The molecule has 2 aromatic rings. The zero-order valence-electron chi connectivity index (χ0n) is 10.1. The average molecular weight is 280 g/mol. The third kappa shape index (κ3) is 2.65. The van der Waals surface area contributed by atoms with Crippen LogP contribution >= 0.6 is 0 Å². The second-order valence-corrected chi connectivity index (χ2v) is 6.15. The van der Waals surface area contributed by atoms with E-state index in [-0.39, 0.29) is 16.2 Å². The van der Waals surface area contributed by atoms with Crippen molar-refractivity contribution in [2.24, 2.45) is 0 Å². The smallest absolute Gasteiger partial charge is 0.338 e. The first-order chi connectivity index (χ1) is 8.94. The van der Waals surface area contributed by atoms with E-state index in [0.717, 1.165) is 0 Å². The maximum absolute atomic E-state index is 11.6. The second-order valence-electron chi connectivity index (χ2n) is 3.88. The van der Waals surface area contributed by atoms with Gasteiger partial charge in [0.15, 0.2) is 9.84 Å². The van der Waals surface area contributed by atoms with Crippen LogP contribution in [0.15, 0.2) is 41.6 Å². The Morgan fingerprint density at radius 2 is 1.95 bits per heavy atom. The standard InChI is InChI=1S/C12H12N2O4S/c1-2-19(17,18)11-5-3-10(4-6-11)14-8-9(7-13-14)12(15)16/h3-8H,2H2,1H3,(H,15,16). The topological polar surface area (TPSA) is 89.3 Å². The number of carboxylic acid groups (broad SMARTS) is 1. The minimum atomic E-state index is -3.23. The van der Waals surface area contributed by atoms with Crippen LogP contribution in [0.1, 0.15) is 17.3 Å². The monoisotopic (exact) mass is 280 g/mol. The van der Waals surface area contributed by atoms with E-state index in [9.17, 15) is 13.2 Å². The zero-order chi connectivity index (χ0) is 14.0. The summed E-state index contributed by atoms with van der Waals surface area (Å²) in [6.45, 7) is 1.58. The normalized spacial score (nSPS) is 11.4. The summed E-state index contributed by atoms with van der Waals surface area (Å²) in [7, 11) is -3.23. The largest absolute Gasteiger partial charge is 0.478 e. The number of hydrogen-bond donors (Lipinski definition) is 1. The lowest BCUT2D eigenvalue weighted by Crippen LogP contribution is -2.04. The molecule has 6 nitrogen and oxygen atoms in total. The van der Waals surface area contributed by atoms with Gasteiger partial charge in [0.1, 0.15) is 0 Å². The number of rotatable bonds is 4. The van der Waals surface area contributed by atoms with Gasteiger partial charge in [-0.15, -0.1) is 0 Å². The van der Waals surface area contributed by atoms with E-state index in [1.54, 1.807) is 19.1 Å². The van der Waals surface area contributed by atoms with E-state index in [1.165, 1.54) is 29.2 Å². The SMILES string of the molecule is CCS(=O)(=O)c1ccc(-n2cc(C(=O)O)cn2)cc1. The summed E-state index contributed by atoms with van der Waals surface area (Å²) in [6, 6.07) is 6.13. The van der Waals surface area contributed by atoms with Crippen molar-refractivity contribution in [2.75, 3.05) is 5.75 Å². The number of nitrogens with zero attached hydrogens (tertiary/aromatic N) is 2. The molecule has 0 spiro atoms. The summed E-state index contributed by atoms with van der Waals surface area (Å²) in [5.74, 6) is -1.02. The van der Waals surface area contributed by atoms with E-state index in [1.807, 2.05) is 0 Å². The molecule has 0 unspecified atom stereocenters. The Hall–Kier alpha value is -2.15. The predicted molar refractivity (Wildman–Crippen MR) is 68.3 cm³/mol. The fourth-order valence-corrected chi connectivity index (χ4v) is 2.43. The van der Waals surface area contributed by atoms with Gasteiger partial charge in [0.2, 0.25) is 0 Å². The van der Waals surface area contributed by atoms with Crippen LogP contribution in [-0.2, 0) is 9.84 Å². The first kappa shape index (κ1) is 13.3. The van der Waals surface area contributed by atoms with Gasteiger partial charge in [0.25, 0.3) is 0 Å². The maximum Gasteiger partial charge on any atom is 0.338 e. The van der Waals surface area contributed by atoms with Gasteiger partial charge in [-0.2, -0.15) is 5.10 Å². The van der Waals surface area contributed by atoms with Crippen molar-refractivity contribution in [3.8, 4) is 5.69 Å². The molecule has 100 valence electrons. The Morgan fingerprint density at radius 3 is 2.42 bits per heavy atom. The zero-order valence-corrected chi connectivity index (χ0v) is 11.0. The summed E-state index contributed by atoms with van der Waals surface area (Å²) in [6.07, 6.45) is 2.60. The van der Waals surface area contributed by atoms with Crippen molar-refractivity contribution in [1.82, 2.24) is 9.78 Å². The summed E-state index contributed by atoms with van der Waals surface area (Å²) in [4.78, 5) is 11.0. The molecule has 0 aliphatic carbocycles. The van der Waals surface area contributed by atoms with Crippen molar-refractivity contribution < 1.29 is 18.3 Å². The van der Waals surface area contributed by atoms with Crippen LogP contribution in [0.3, 0.4) is 0 Å². The van der Waals surface area contributed by atoms with Crippen molar-refractivity contribution in [3.63, 3.8) is 0 Å². The highest BCUT2D eigenvalue weighted by Crippen LogP contribution is 2.15. The van der Waals surface area contributed by atoms with Crippen molar-refractivity contribution in [2.45, 2.75) is 11.8 Å². The molecule has 19 heavy (non-hydrogen) atoms. The quantitative estimate of drug-likeness (QED) is 0.913. The van der Waals surface area contributed by atoms with Crippen LogP contribution in [0.25, 0.3) is 5.69 Å². The summed E-state index contributed by atoms with van der Waals surface area (Å²) < 4.78 is 24.7. The van der Waals surface area contributed by atoms with E-state index < -0.39 is 15.8 Å². The van der Waals surface area contributed by atoms with Gasteiger partial charge < -0.3 is 5.11 Å². The van der Waals surface area contributed by atoms with Gasteiger partial charge in [0.05, 0.1) is 28.1 Å². The molecule has 1 aromatic heterocycles. The Bertz CT molecular complexity index is 702. The molecule has 1 heterocycles. The maximum atomic E-state index is 11.6. The van der Waals surface area contributed by atoms with Crippen LogP contribution in [0.5, 0.6) is 0 Å². The average Bonchev–Trinajstić information content (AvgIpc) is 2.88. The number of sulfone groups is 1. The number of carboxylic acids is 1. The minimum Gasteiger partial charge on any atom is -0.478 e. The Morgan fingerprint density at radius 1 is 1.32 bits per heavy atom. The van der Waals surface area contributed by atoms with Crippen molar-refractivity contribution >= 4 is 15.8 Å². The lowest BCUT2D eigenvalue weighted by Gasteiger charge is -2.04. The van der Waals surface area contributed by atoms with Crippen LogP contribution in [0, 0.1) is 0 Å². The molecule has 0 bridgehead atoms. The molecule has 0 radical (unpaired) electrons. The first-order valence-electron chi connectivity index (χ1n) is 5.55. The minimum absolute atomic E-state index is 0.0390. The van der Waals surface area contributed by atoms with Gasteiger partial charge in [-0.25, -0.2) is 17.9 Å². The highest BCUT2D eigenvalue weighted by Gasteiger charge is 2.12. The lowest BCUT2D eigenvalue weighted by molar-refractivity contribution is 0.0697. The molecule has 0 saturated heterocycles. The van der Waals surface area contributed by atoms with Crippen LogP contribution in [-0.4, -0.2) is 35.0 Å².